The summed E-state index contributed by atoms with van der Waals surface area (Å²) in [4.78, 5) is 11.7. The number of hydrogen-bond donors (Lipinski definition) is 0. The van der Waals surface area contributed by atoms with Gasteiger partial charge in [0, 0.05) is 30.4 Å². The fraction of sp³-hybridized carbons (Fsp3) is 0.294. The van der Waals surface area contributed by atoms with Gasteiger partial charge in [-0.15, -0.1) is 0 Å². The van der Waals surface area contributed by atoms with Crippen LogP contribution in [0.25, 0.3) is 0 Å². The largest absolute Gasteiger partial charge is 0.355 e. The van der Waals surface area contributed by atoms with E-state index in [1.54, 1.807) is 0 Å². The van der Waals surface area contributed by atoms with Gasteiger partial charge in [-0.1, -0.05) is 37.3 Å². The Balaban J connectivity index is 2.15. The van der Waals surface area contributed by atoms with Crippen molar-refractivity contribution in [2.75, 3.05) is 7.05 Å². The SMILES string of the molecule is CCc1nc(C)cc2c1N=C(c1ccccc1)N(C)C2. The summed E-state index contributed by atoms with van der Waals surface area (Å²) in [5, 5.41) is 0. The van der Waals surface area contributed by atoms with E-state index < -0.39 is 0 Å². The number of aliphatic imine (C=N–C) groups is 1. The average molecular weight is 265 g/mol. The first-order chi connectivity index (χ1) is 9.69. The van der Waals surface area contributed by atoms with Crippen molar-refractivity contribution in [2.24, 2.45) is 4.99 Å². The van der Waals surface area contributed by atoms with Crippen LogP contribution in [0.2, 0.25) is 0 Å². The molecule has 2 heterocycles. The summed E-state index contributed by atoms with van der Waals surface area (Å²) in [6.45, 7) is 5.08. The predicted octanol–water partition coefficient (Wildman–Crippen LogP) is 3.48. The normalized spacial score (nSPS) is 13.9. The standard InChI is InChI=1S/C17H19N3/c1-4-15-16-14(10-12(2)18-15)11-20(3)17(19-16)13-8-6-5-7-9-13/h5-10H,4,11H2,1-3H3. The van der Waals surface area contributed by atoms with Gasteiger partial charge in [-0.2, -0.15) is 0 Å². The molecule has 3 heteroatoms. The van der Waals surface area contributed by atoms with Crippen LogP contribution >= 0.6 is 0 Å². The summed E-state index contributed by atoms with van der Waals surface area (Å²) < 4.78 is 0. The molecule has 0 unspecified atom stereocenters. The minimum absolute atomic E-state index is 0.888. The van der Waals surface area contributed by atoms with E-state index in [4.69, 9.17) is 4.99 Å². The lowest BCUT2D eigenvalue weighted by Crippen LogP contribution is -2.30. The van der Waals surface area contributed by atoms with Gasteiger partial charge in [-0.05, 0) is 19.4 Å². The van der Waals surface area contributed by atoms with Crippen molar-refractivity contribution in [3.63, 3.8) is 0 Å². The smallest absolute Gasteiger partial charge is 0.136 e. The van der Waals surface area contributed by atoms with Crippen molar-refractivity contribution < 1.29 is 0 Å². The zero-order chi connectivity index (χ0) is 14.1. The van der Waals surface area contributed by atoms with Gasteiger partial charge in [0.15, 0.2) is 0 Å². The maximum Gasteiger partial charge on any atom is 0.136 e. The third-order valence-corrected chi connectivity index (χ3v) is 3.63. The van der Waals surface area contributed by atoms with Gasteiger partial charge in [0.1, 0.15) is 5.84 Å². The fourth-order valence-electron chi connectivity index (χ4n) is 2.70. The number of aryl methyl sites for hydroxylation is 2. The molecule has 3 rings (SSSR count). The molecule has 0 N–H and O–H groups in total. The molecule has 0 amide bonds. The highest BCUT2D eigenvalue weighted by molar-refractivity contribution is 6.01. The van der Waals surface area contributed by atoms with Crippen LogP contribution < -0.4 is 0 Å². The van der Waals surface area contributed by atoms with Crippen molar-refractivity contribution in [1.29, 1.82) is 0 Å². The molecule has 0 atom stereocenters. The van der Waals surface area contributed by atoms with Crippen LogP contribution in [0.5, 0.6) is 0 Å². The highest BCUT2D eigenvalue weighted by atomic mass is 15.2. The van der Waals surface area contributed by atoms with Crippen LogP contribution in [0.3, 0.4) is 0 Å². The second-order valence-electron chi connectivity index (χ2n) is 5.23. The van der Waals surface area contributed by atoms with Crippen molar-refractivity contribution in [1.82, 2.24) is 9.88 Å². The first-order valence-electron chi connectivity index (χ1n) is 7.03. The van der Waals surface area contributed by atoms with Crippen LogP contribution in [0, 0.1) is 6.92 Å². The zero-order valence-corrected chi connectivity index (χ0v) is 12.2. The Hall–Kier alpha value is -2.16. The molecule has 1 aromatic heterocycles. The van der Waals surface area contributed by atoms with Crippen LogP contribution in [0.1, 0.15) is 29.4 Å². The third kappa shape index (κ3) is 2.20. The van der Waals surface area contributed by atoms with Gasteiger partial charge in [-0.3, -0.25) is 4.98 Å². The Morgan fingerprint density at radius 1 is 1.20 bits per heavy atom. The maximum absolute atomic E-state index is 4.89. The molecule has 0 bridgehead atoms. The quantitative estimate of drug-likeness (QED) is 0.831. The lowest BCUT2D eigenvalue weighted by Gasteiger charge is -2.28. The van der Waals surface area contributed by atoms with Gasteiger partial charge in [0.25, 0.3) is 0 Å². The molecule has 1 aromatic carbocycles. The zero-order valence-electron chi connectivity index (χ0n) is 12.2. The summed E-state index contributed by atoms with van der Waals surface area (Å²) in [7, 11) is 2.09. The van der Waals surface area contributed by atoms with Crippen LogP contribution in [0.4, 0.5) is 5.69 Å². The Bertz CT molecular complexity index is 659. The lowest BCUT2D eigenvalue weighted by atomic mass is 10.1. The van der Waals surface area contributed by atoms with Crippen molar-refractivity contribution in [3.8, 4) is 0 Å². The molecule has 0 fully saturated rings. The summed E-state index contributed by atoms with van der Waals surface area (Å²) in [6.07, 6.45) is 0.916. The molecule has 3 nitrogen and oxygen atoms in total. The molecule has 0 radical (unpaired) electrons. The van der Waals surface area contributed by atoms with E-state index >= 15 is 0 Å². The number of hydrogen-bond acceptors (Lipinski definition) is 3. The molecule has 0 saturated carbocycles. The Morgan fingerprint density at radius 3 is 2.65 bits per heavy atom. The molecule has 1 aliphatic rings. The first-order valence-corrected chi connectivity index (χ1v) is 7.03. The second kappa shape index (κ2) is 5.08. The van der Waals surface area contributed by atoms with Crippen molar-refractivity contribution in [2.45, 2.75) is 26.8 Å². The number of aromatic nitrogens is 1. The Kier molecular flexibility index (Phi) is 3.26. The molecule has 20 heavy (non-hydrogen) atoms. The molecule has 2 aromatic rings. The van der Waals surface area contributed by atoms with Crippen LogP contribution in [-0.4, -0.2) is 22.8 Å². The summed E-state index contributed by atoms with van der Waals surface area (Å²) in [5.74, 6) is 1.03. The molecule has 0 aliphatic carbocycles. The number of amidine groups is 1. The fourth-order valence-corrected chi connectivity index (χ4v) is 2.70. The van der Waals surface area contributed by atoms with Crippen molar-refractivity contribution in [3.05, 3.63) is 58.9 Å². The molecule has 102 valence electrons. The maximum atomic E-state index is 4.89. The second-order valence-corrected chi connectivity index (χ2v) is 5.23. The van der Waals surface area contributed by atoms with E-state index in [-0.39, 0.29) is 0 Å². The van der Waals surface area contributed by atoms with Gasteiger partial charge in [0.2, 0.25) is 0 Å². The number of benzene rings is 1. The Labute approximate surface area is 120 Å². The first kappa shape index (κ1) is 12.9. The Morgan fingerprint density at radius 2 is 1.95 bits per heavy atom. The van der Waals surface area contributed by atoms with Gasteiger partial charge in [-0.25, -0.2) is 4.99 Å². The summed E-state index contributed by atoms with van der Waals surface area (Å²) >= 11 is 0. The van der Waals surface area contributed by atoms with Gasteiger partial charge in [0.05, 0.1) is 11.4 Å². The molecular weight excluding hydrogens is 246 g/mol. The monoisotopic (exact) mass is 265 g/mol. The van der Waals surface area contributed by atoms with E-state index in [2.05, 4.69) is 61.1 Å². The minimum atomic E-state index is 0.888. The van der Waals surface area contributed by atoms with Gasteiger partial charge >= 0.3 is 0 Å². The van der Waals surface area contributed by atoms with E-state index in [1.807, 2.05) is 6.07 Å². The van der Waals surface area contributed by atoms with E-state index in [0.29, 0.717) is 0 Å². The summed E-state index contributed by atoms with van der Waals surface area (Å²) in [6, 6.07) is 12.5. The van der Waals surface area contributed by atoms with E-state index in [1.165, 1.54) is 5.56 Å². The molecule has 0 saturated heterocycles. The van der Waals surface area contributed by atoms with Gasteiger partial charge < -0.3 is 4.90 Å². The molecule has 1 aliphatic heterocycles. The van der Waals surface area contributed by atoms with E-state index in [9.17, 15) is 0 Å². The lowest BCUT2D eigenvalue weighted by molar-refractivity contribution is 0.493. The average Bonchev–Trinajstić information content (AvgIpc) is 2.46. The predicted molar refractivity (Wildman–Crippen MR) is 82.5 cm³/mol. The number of nitrogens with zero attached hydrogens (tertiary/aromatic N) is 3. The topological polar surface area (TPSA) is 28.5 Å². The summed E-state index contributed by atoms with van der Waals surface area (Å²) in [5.41, 5.74) is 5.67. The van der Waals surface area contributed by atoms with Crippen LogP contribution in [0.15, 0.2) is 41.4 Å². The van der Waals surface area contributed by atoms with E-state index in [0.717, 1.165) is 41.4 Å². The number of pyridine rings is 1. The number of rotatable bonds is 2. The number of fused-ring (bicyclic) bond motifs is 1. The third-order valence-electron chi connectivity index (χ3n) is 3.63. The van der Waals surface area contributed by atoms with Crippen molar-refractivity contribution >= 4 is 11.5 Å². The molecule has 0 spiro atoms. The molecular formula is C17H19N3. The highest BCUT2D eigenvalue weighted by Crippen LogP contribution is 2.31. The minimum Gasteiger partial charge on any atom is -0.355 e. The highest BCUT2D eigenvalue weighted by Gasteiger charge is 2.20. The van der Waals surface area contributed by atoms with Crippen LogP contribution in [-0.2, 0) is 13.0 Å².